The van der Waals surface area contributed by atoms with Crippen LogP contribution in [0.4, 0.5) is 17.2 Å². The van der Waals surface area contributed by atoms with Crippen LogP contribution >= 0.6 is 0 Å². The van der Waals surface area contributed by atoms with E-state index in [1.165, 1.54) is 0 Å². The normalized spacial score (nSPS) is 10.3. The molecule has 3 aromatic rings. The Hall–Kier alpha value is -3.48. The molecule has 0 saturated heterocycles. The summed E-state index contributed by atoms with van der Waals surface area (Å²) in [5.74, 6) is 1.43. The highest BCUT2D eigenvalue weighted by molar-refractivity contribution is 5.70. The molecule has 0 bridgehead atoms. The predicted octanol–water partition coefficient (Wildman–Crippen LogP) is 3.15. The highest BCUT2D eigenvalue weighted by Gasteiger charge is 2.07. The van der Waals surface area contributed by atoms with Gasteiger partial charge in [0.25, 0.3) is 0 Å². The molecule has 0 amide bonds. The van der Waals surface area contributed by atoms with Gasteiger partial charge in [0.2, 0.25) is 0 Å². The number of hydrogen-bond donors (Lipinski definition) is 4. The molecular weight excluding hydrogens is 320 g/mol. The van der Waals surface area contributed by atoms with Crippen LogP contribution in [0.5, 0.6) is 11.5 Å². The number of phenolic OH excluding ortho intramolecular Hbond substituents is 1. The molecule has 128 valence electrons. The van der Waals surface area contributed by atoms with Gasteiger partial charge in [-0.2, -0.15) is 5.10 Å². The van der Waals surface area contributed by atoms with E-state index in [0.29, 0.717) is 17.9 Å². The van der Waals surface area contributed by atoms with Crippen molar-refractivity contribution < 1.29 is 14.6 Å². The monoisotopic (exact) mass is 338 g/mol. The van der Waals surface area contributed by atoms with Gasteiger partial charge in [0.1, 0.15) is 18.1 Å². The summed E-state index contributed by atoms with van der Waals surface area (Å²) < 4.78 is 5.42. The second-order valence-corrected chi connectivity index (χ2v) is 5.28. The zero-order valence-corrected chi connectivity index (χ0v) is 13.6. The number of ether oxygens (including phenoxy) is 1. The number of phenols is 1. The third kappa shape index (κ3) is 3.89. The molecule has 7 nitrogen and oxygen atoms in total. The minimum atomic E-state index is -0.00839. The average molecular weight is 338 g/mol. The lowest BCUT2D eigenvalue weighted by Crippen LogP contribution is -2.02. The van der Waals surface area contributed by atoms with Crippen LogP contribution in [0.2, 0.25) is 0 Å². The summed E-state index contributed by atoms with van der Waals surface area (Å²) in [7, 11) is 1.79. The average Bonchev–Trinajstić information content (AvgIpc) is 3.09. The number of nitrogens with zero attached hydrogens (tertiary/aromatic N) is 1. The number of carbonyl (C=O) groups is 1. The first-order valence-corrected chi connectivity index (χ1v) is 7.69. The summed E-state index contributed by atoms with van der Waals surface area (Å²) in [6, 6.07) is 14.3. The highest BCUT2D eigenvalue weighted by atomic mass is 16.5. The van der Waals surface area contributed by atoms with Crippen molar-refractivity contribution in [2.45, 2.75) is 0 Å². The molecule has 0 fully saturated rings. The predicted molar refractivity (Wildman–Crippen MR) is 96.5 cm³/mol. The molecule has 0 aliphatic heterocycles. The quantitative estimate of drug-likeness (QED) is 0.494. The molecule has 1 aromatic heterocycles. The van der Waals surface area contributed by atoms with Crippen molar-refractivity contribution in [2.75, 3.05) is 24.3 Å². The van der Waals surface area contributed by atoms with Gasteiger partial charge in [-0.1, -0.05) is 0 Å². The van der Waals surface area contributed by atoms with Crippen LogP contribution in [-0.4, -0.2) is 35.2 Å². The van der Waals surface area contributed by atoms with Crippen molar-refractivity contribution in [1.82, 2.24) is 10.2 Å². The van der Waals surface area contributed by atoms with Crippen LogP contribution in [0.1, 0.15) is 0 Å². The van der Waals surface area contributed by atoms with Gasteiger partial charge < -0.3 is 20.5 Å². The number of aromatic nitrogens is 2. The number of H-pyrrole nitrogens is 1. The molecule has 3 rings (SSSR count). The maximum Gasteiger partial charge on any atom is 0.157 e. The molecule has 25 heavy (non-hydrogen) atoms. The van der Waals surface area contributed by atoms with Gasteiger partial charge in [-0.15, -0.1) is 0 Å². The molecule has 2 aromatic carbocycles. The van der Waals surface area contributed by atoms with E-state index in [4.69, 9.17) is 4.74 Å². The second-order valence-electron chi connectivity index (χ2n) is 5.28. The van der Waals surface area contributed by atoms with Crippen molar-refractivity contribution in [3.05, 3.63) is 48.5 Å². The lowest BCUT2D eigenvalue weighted by atomic mass is 10.1. The first-order chi connectivity index (χ1) is 12.2. The van der Waals surface area contributed by atoms with Crippen molar-refractivity contribution >= 4 is 23.5 Å². The van der Waals surface area contributed by atoms with E-state index in [9.17, 15) is 9.90 Å². The molecule has 0 radical (unpaired) electrons. The number of hydrogen-bond acceptors (Lipinski definition) is 6. The number of nitrogens with one attached hydrogen (secondary N) is 3. The van der Waals surface area contributed by atoms with Gasteiger partial charge in [0.15, 0.2) is 12.1 Å². The summed E-state index contributed by atoms with van der Waals surface area (Å²) in [4.78, 5) is 10.5. The van der Waals surface area contributed by atoms with E-state index in [1.807, 2.05) is 18.2 Å². The second kappa shape index (κ2) is 7.39. The Morgan fingerprint density at radius 1 is 1.20 bits per heavy atom. The Morgan fingerprint density at radius 2 is 2.00 bits per heavy atom. The van der Waals surface area contributed by atoms with Crippen LogP contribution in [0.15, 0.2) is 48.5 Å². The third-order valence-corrected chi connectivity index (χ3v) is 3.59. The Kier molecular flexibility index (Phi) is 4.84. The first kappa shape index (κ1) is 16.4. The summed E-state index contributed by atoms with van der Waals surface area (Å²) in [6.07, 6.45) is 0.706. The summed E-state index contributed by atoms with van der Waals surface area (Å²) in [5, 5.41) is 22.7. The molecule has 0 aliphatic rings. The number of aromatic amines is 1. The molecule has 0 spiro atoms. The number of anilines is 3. The van der Waals surface area contributed by atoms with Crippen molar-refractivity contribution in [1.29, 1.82) is 0 Å². The number of aromatic hydroxyl groups is 1. The fourth-order valence-electron chi connectivity index (χ4n) is 2.37. The minimum Gasteiger partial charge on any atom is -0.508 e. The van der Waals surface area contributed by atoms with Gasteiger partial charge >= 0.3 is 0 Å². The van der Waals surface area contributed by atoms with Gasteiger partial charge in [-0.3, -0.25) is 9.89 Å². The zero-order chi connectivity index (χ0) is 17.6. The van der Waals surface area contributed by atoms with Gasteiger partial charge in [0, 0.05) is 24.9 Å². The summed E-state index contributed by atoms with van der Waals surface area (Å²) in [5.41, 5.74) is 3.31. The van der Waals surface area contributed by atoms with Gasteiger partial charge in [-0.25, -0.2) is 0 Å². The number of rotatable bonds is 7. The highest BCUT2D eigenvalue weighted by Crippen LogP contribution is 2.30. The maximum atomic E-state index is 10.5. The molecule has 1 heterocycles. The van der Waals surface area contributed by atoms with Crippen molar-refractivity contribution in [2.24, 2.45) is 0 Å². The van der Waals surface area contributed by atoms with Crippen LogP contribution in [0.25, 0.3) is 11.3 Å². The Labute approximate surface area is 144 Å². The van der Waals surface area contributed by atoms with Gasteiger partial charge in [0.05, 0.1) is 11.4 Å². The molecule has 4 N–H and O–H groups in total. The summed E-state index contributed by atoms with van der Waals surface area (Å²) >= 11 is 0. The molecule has 0 unspecified atom stereocenters. The van der Waals surface area contributed by atoms with Crippen LogP contribution in [-0.2, 0) is 4.79 Å². The molecule has 7 heteroatoms. The van der Waals surface area contributed by atoms with E-state index < -0.39 is 0 Å². The van der Waals surface area contributed by atoms with E-state index in [0.717, 1.165) is 22.6 Å². The van der Waals surface area contributed by atoms with Crippen molar-refractivity contribution in [3.63, 3.8) is 0 Å². The minimum absolute atomic E-state index is 0.00839. The lowest BCUT2D eigenvalue weighted by Gasteiger charge is -2.11. The Balaban J connectivity index is 1.78. The molecule has 0 saturated carbocycles. The number of carbonyl (C=O) groups excluding carboxylic acids is 1. The van der Waals surface area contributed by atoms with Crippen LogP contribution < -0.4 is 15.4 Å². The number of benzene rings is 2. The van der Waals surface area contributed by atoms with E-state index in [1.54, 1.807) is 37.4 Å². The van der Waals surface area contributed by atoms with E-state index >= 15 is 0 Å². The third-order valence-electron chi connectivity index (χ3n) is 3.59. The smallest absolute Gasteiger partial charge is 0.157 e. The van der Waals surface area contributed by atoms with Gasteiger partial charge in [-0.05, 0) is 42.0 Å². The zero-order valence-electron chi connectivity index (χ0n) is 13.6. The SMILES string of the molecule is CNc1ccc(Nc2cc(-c3ccc(O)cc3)[nH]n2)cc1OCC=O. The molecule has 0 aliphatic carbocycles. The van der Waals surface area contributed by atoms with E-state index in [-0.39, 0.29) is 12.4 Å². The fourth-order valence-corrected chi connectivity index (χ4v) is 2.37. The Morgan fingerprint density at radius 3 is 2.72 bits per heavy atom. The fraction of sp³-hybridized carbons (Fsp3) is 0.111. The standard InChI is InChI=1S/C18H18N4O3/c1-19-15-7-4-13(10-17(15)25-9-8-23)20-18-11-16(21-22-18)12-2-5-14(24)6-3-12/h2-8,10-11,19,24H,9H2,1H3,(H2,20,21,22). The van der Waals surface area contributed by atoms with E-state index in [2.05, 4.69) is 20.8 Å². The largest absolute Gasteiger partial charge is 0.508 e. The number of aldehydes is 1. The molecule has 0 atom stereocenters. The Bertz CT molecular complexity index is 859. The first-order valence-electron chi connectivity index (χ1n) is 7.69. The maximum absolute atomic E-state index is 10.5. The lowest BCUT2D eigenvalue weighted by molar-refractivity contribution is -0.109. The summed E-state index contributed by atoms with van der Waals surface area (Å²) in [6.45, 7) is -0.00839. The molecular formula is C18H18N4O3. The van der Waals surface area contributed by atoms with Crippen LogP contribution in [0, 0.1) is 0 Å². The van der Waals surface area contributed by atoms with Crippen LogP contribution in [0.3, 0.4) is 0 Å². The topological polar surface area (TPSA) is 99.3 Å². The van der Waals surface area contributed by atoms with Crippen molar-refractivity contribution in [3.8, 4) is 22.8 Å².